The number of nitrogen functional groups attached to an aromatic ring is 2. The third kappa shape index (κ3) is 5.85. The average Bonchev–Trinajstić information content (AvgIpc) is 3.73. The quantitative estimate of drug-likeness (QED) is 0.113. The molecular formula is C20H30N12O12P2. The second-order valence-corrected chi connectivity index (χ2v) is 12.8. The van der Waals surface area contributed by atoms with Crippen LogP contribution in [0.15, 0.2) is 25.3 Å². The number of aliphatic hydroxyl groups excluding tert-OH is 2. The van der Waals surface area contributed by atoms with E-state index >= 15 is 0 Å². The van der Waals surface area contributed by atoms with E-state index in [2.05, 4.69) is 29.9 Å². The van der Waals surface area contributed by atoms with Crippen molar-refractivity contribution in [2.45, 2.75) is 49.1 Å². The van der Waals surface area contributed by atoms with Crippen molar-refractivity contribution < 1.29 is 56.7 Å². The predicted octanol–water partition coefficient (Wildman–Crippen LogP) is -1.31. The number of anilines is 2. The summed E-state index contributed by atoms with van der Waals surface area (Å²) in [5.41, 5.74) is 12.4. The van der Waals surface area contributed by atoms with Crippen molar-refractivity contribution in [3.63, 3.8) is 0 Å². The first-order valence-corrected chi connectivity index (χ1v) is 15.8. The number of hydrogen-bond donors (Lipinski definition) is 8. The van der Waals surface area contributed by atoms with Gasteiger partial charge in [0.2, 0.25) is 0 Å². The van der Waals surface area contributed by atoms with Gasteiger partial charge in [0.05, 0.1) is 25.9 Å². The van der Waals surface area contributed by atoms with Crippen molar-refractivity contribution in [2.75, 3.05) is 24.7 Å². The molecule has 0 saturated carbocycles. The van der Waals surface area contributed by atoms with Gasteiger partial charge in [0.1, 0.15) is 60.3 Å². The number of ether oxygens (including phenoxy) is 2. The smallest absolute Gasteiger partial charge is 0.386 e. The summed E-state index contributed by atoms with van der Waals surface area (Å²) in [6.45, 7) is -1.56. The lowest BCUT2D eigenvalue weighted by atomic mass is 10.1. The van der Waals surface area contributed by atoms with Gasteiger partial charge in [-0.25, -0.2) is 39.0 Å². The van der Waals surface area contributed by atoms with Gasteiger partial charge in [-0.15, -0.1) is 0 Å². The molecule has 0 aromatic carbocycles. The van der Waals surface area contributed by atoms with Gasteiger partial charge < -0.3 is 53.2 Å². The van der Waals surface area contributed by atoms with Crippen molar-refractivity contribution in [3.8, 4) is 0 Å². The lowest BCUT2D eigenvalue weighted by Crippen LogP contribution is -2.39. The molecule has 4 aromatic heterocycles. The van der Waals surface area contributed by atoms with Crippen LogP contribution in [0.3, 0.4) is 0 Å². The number of fused-ring (bicyclic) bond motifs is 4. The van der Waals surface area contributed by atoms with Crippen molar-refractivity contribution in [1.29, 1.82) is 0 Å². The first kappa shape index (κ1) is 34.0. The van der Waals surface area contributed by atoms with E-state index in [1.165, 1.54) is 21.8 Å². The van der Waals surface area contributed by atoms with Gasteiger partial charge >= 0.3 is 15.6 Å². The van der Waals surface area contributed by atoms with Crippen LogP contribution in [0.5, 0.6) is 0 Å². The molecule has 7 heterocycles. The molecule has 3 aliphatic rings. The number of nitrogens with two attached hydrogens (primary N) is 2. The monoisotopic (exact) mass is 692 g/mol. The first-order valence-electron chi connectivity index (χ1n) is 12.8. The molecule has 3 saturated heterocycles. The summed E-state index contributed by atoms with van der Waals surface area (Å²) in [6.07, 6.45) is -7.30. The molecule has 0 amide bonds. The molecule has 2 unspecified atom stereocenters. The maximum absolute atomic E-state index is 13.1. The van der Waals surface area contributed by atoms with Gasteiger partial charge in [-0.3, -0.25) is 27.2 Å². The average molecular weight is 692 g/mol. The van der Waals surface area contributed by atoms with E-state index in [9.17, 15) is 29.1 Å². The van der Waals surface area contributed by atoms with Crippen LogP contribution in [-0.4, -0.2) is 109 Å². The Hall–Kier alpha value is -3.32. The summed E-state index contributed by atoms with van der Waals surface area (Å²) in [5, 5.41) is 22.2. The molecule has 3 fully saturated rings. The molecule has 46 heavy (non-hydrogen) atoms. The van der Waals surface area contributed by atoms with Crippen molar-refractivity contribution >= 4 is 49.6 Å². The van der Waals surface area contributed by atoms with Gasteiger partial charge in [0.15, 0.2) is 35.4 Å². The summed E-state index contributed by atoms with van der Waals surface area (Å²) in [5.74, 6) is 0.101. The Kier molecular flexibility index (Phi) is 9.15. The predicted molar refractivity (Wildman–Crippen MR) is 151 cm³/mol. The lowest BCUT2D eigenvalue weighted by molar-refractivity contribution is -0.0664. The van der Waals surface area contributed by atoms with Crippen LogP contribution < -0.4 is 23.8 Å². The zero-order valence-corrected chi connectivity index (χ0v) is 25.2. The number of rotatable bonds is 2. The minimum atomic E-state index is -5.00. The molecule has 3 aliphatic heterocycles. The Morgan fingerprint density at radius 1 is 0.696 bits per heavy atom. The van der Waals surface area contributed by atoms with Gasteiger partial charge in [0.25, 0.3) is 0 Å². The second kappa shape index (κ2) is 12.4. The number of imidazole rings is 2. The third-order valence-electron chi connectivity index (χ3n) is 7.26. The van der Waals surface area contributed by atoms with Crippen LogP contribution in [0, 0.1) is 0 Å². The number of phosphoric acid groups is 2. The standard InChI is InChI=1S/C20H24N10O12P2.2H3N/c21-15-9-17(25-3-23-15)29(5-27-9)19-11(31)13-7(39-19)1-37-43(33,34)42-14-8(2-38-44(35,36)41-13)40-20(12(14)32)30-6-28-10-16(22)24-4-26-18(10)30;;/h3-8,11-14,19-20,31-32H,1-2H2,(H,33,34)(H,35,36)(H2,21,23,25)(H2,22,24,26);2*1H3/t7-,8-,11-,12-,13-,14-,19-,20-;;/m1../s1. The van der Waals surface area contributed by atoms with E-state index in [4.69, 9.17) is 39.0 Å². The number of phosphoric ester groups is 2. The van der Waals surface area contributed by atoms with E-state index in [0.29, 0.717) is 0 Å². The molecule has 0 bridgehead atoms. The lowest BCUT2D eigenvalue weighted by Gasteiger charge is -2.27. The highest BCUT2D eigenvalue weighted by Crippen LogP contribution is 2.53. The maximum Gasteiger partial charge on any atom is 0.472 e. The molecule has 252 valence electrons. The Morgan fingerprint density at radius 3 is 1.48 bits per heavy atom. The largest absolute Gasteiger partial charge is 0.472 e. The Bertz CT molecular complexity index is 1700. The number of hydrogen-bond acceptors (Lipinski definition) is 20. The summed E-state index contributed by atoms with van der Waals surface area (Å²) >= 11 is 0. The normalized spacial score (nSPS) is 36.6. The van der Waals surface area contributed by atoms with Gasteiger partial charge in [-0.1, -0.05) is 0 Å². The summed E-state index contributed by atoms with van der Waals surface area (Å²) in [4.78, 5) is 45.3. The highest BCUT2D eigenvalue weighted by atomic mass is 31.2. The molecule has 0 radical (unpaired) electrons. The highest BCUT2D eigenvalue weighted by Gasteiger charge is 2.54. The molecule has 4 aromatic rings. The van der Waals surface area contributed by atoms with Gasteiger partial charge in [-0.2, -0.15) is 0 Å². The highest BCUT2D eigenvalue weighted by molar-refractivity contribution is 7.47. The molecular weight excluding hydrogens is 662 g/mol. The van der Waals surface area contributed by atoms with E-state index in [-0.39, 0.29) is 46.3 Å². The molecule has 7 rings (SSSR count). The van der Waals surface area contributed by atoms with E-state index in [1.54, 1.807) is 0 Å². The fourth-order valence-electron chi connectivity index (χ4n) is 5.24. The first-order chi connectivity index (χ1) is 20.9. The second-order valence-electron chi connectivity index (χ2n) is 9.95. The van der Waals surface area contributed by atoms with Gasteiger partial charge in [-0.05, 0) is 0 Å². The van der Waals surface area contributed by atoms with Crippen molar-refractivity contribution in [1.82, 2.24) is 51.3 Å². The fourth-order valence-corrected chi connectivity index (χ4v) is 7.17. The molecule has 24 nitrogen and oxygen atoms in total. The van der Waals surface area contributed by atoms with Crippen LogP contribution in [0.4, 0.5) is 11.6 Å². The van der Waals surface area contributed by atoms with E-state index in [1.807, 2.05) is 0 Å². The zero-order chi connectivity index (χ0) is 31.0. The maximum atomic E-state index is 13.1. The number of nitrogens with zero attached hydrogens (tertiary/aromatic N) is 8. The minimum absolute atomic E-state index is 0. The van der Waals surface area contributed by atoms with E-state index in [0.717, 1.165) is 12.7 Å². The minimum Gasteiger partial charge on any atom is -0.386 e. The van der Waals surface area contributed by atoms with Crippen LogP contribution in [0.1, 0.15) is 12.5 Å². The molecule has 26 heteroatoms. The molecule has 10 atom stereocenters. The third-order valence-corrected chi connectivity index (χ3v) is 9.23. The Labute approximate surface area is 257 Å². The van der Waals surface area contributed by atoms with Crippen molar-refractivity contribution in [2.24, 2.45) is 0 Å². The Balaban J connectivity index is 0.00000208. The summed E-state index contributed by atoms with van der Waals surface area (Å²) in [7, 11) is -10.0. The summed E-state index contributed by atoms with van der Waals surface area (Å²) < 4.78 is 61.2. The van der Waals surface area contributed by atoms with Gasteiger partial charge in [0, 0.05) is 0 Å². The van der Waals surface area contributed by atoms with Crippen molar-refractivity contribution in [3.05, 3.63) is 25.3 Å². The fraction of sp³-hybridized carbons (Fsp3) is 0.500. The van der Waals surface area contributed by atoms with Crippen LogP contribution >= 0.6 is 15.6 Å². The zero-order valence-electron chi connectivity index (χ0n) is 23.4. The van der Waals surface area contributed by atoms with Crippen LogP contribution in [0.25, 0.3) is 22.3 Å². The molecule has 14 N–H and O–H groups in total. The molecule has 0 spiro atoms. The Morgan fingerprint density at radius 2 is 1.09 bits per heavy atom. The summed E-state index contributed by atoms with van der Waals surface area (Å²) in [6, 6.07) is 0. The number of aromatic nitrogens is 8. The van der Waals surface area contributed by atoms with E-state index < -0.39 is 77.9 Å². The number of aliphatic hydroxyl groups is 2. The van der Waals surface area contributed by atoms with Crippen LogP contribution in [-0.2, 0) is 36.7 Å². The topological polar surface area (TPSA) is 380 Å². The van der Waals surface area contributed by atoms with Crippen LogP contribution in [0.2, 0.25) is 0 Å². The SMILES string of the molecule is N.N.Nc1ncnc2c1ncn2[C@@H]1O[C@@H]2COP(=O)(O)O[C@H]3[C@@H](O)[C@H](n4cnc5c(N)ncnc54)O[C@@H]3COP(=O)(O)O[C@H]2[C@H]1O. The molecule has 0 aliphatic carbocycles.